The lowest BCUT2D eigenvalue weighted by Crippen LogP contribution is -2.37. The van der Waals surface area contributed by atoms with Crippen LogP contribution in [0.1, 0.15) is 37.0 Å². The summed E-state index contributed by atoms with van der Waals surface area (Å²) in [6.45, 7) is 9.01. The maximum absolute atomic E-state index is 12.5. The van der Waals surface area contributed by atoms with Gasteiger partial charge in [0.15, 0.2) is 5.69 Å². The highest BCUT2D eigenvalue weighted by molar-refractivity contribution is 5.97. The first kappa shape index (κ1) is 17.5. The van der Waals surface area contributed by atoms with Gasteiger partial charge in [0.2, 0.25) is 0 Å². The van der Waals surface area contributed by atoms with E-state index in [1.54, 1.807) is 4.90 Å². The van der Waals surface area contributed by atoms with Gasteiger partial charge in [-0.25, -0.2) is 0 Å². The normalized spacial score (nSPS) is 10.8. The van der Waals surface area contributed by atoms with Gasteiger partial charge in [-0.15, -0.1) is 0 Å². The Morgan fingerprint density at radius 1 is 1.19 bits per heavy atom. The number of carbonyl (C=O) groups is 1. The molecule has 0 saturated heterocycles. The number of anilines is 1. The Kier molecular flexibility index (Phi) is 7.78. The summed E-state index contributed by atoms with van der Waals surface area (Å²) in [4.78, 5) is 14.2. The summed E-state index contributed by atoms with van der Waals surface area (Å²) in [6, 6.07) is 0. The number of aryl methyl sites for hydroxylation is 1. The third kappa shape index (κ3) is 5.02. The summed E-state index contributed by atoms with van der Waals surface area (Å²) in [5, 5.41) is 6.85. The Hall–Kier alpha value is -1.60. The SMILES string of the molecule is CCOCCN(CCOCC)C(=O)c1n[nH]c(CC)c1N. The largest absolute Gasteiger partial charge is 0.395 e. The first-order valence-electron chi connectivity index (χ1n) is 7.43. The maximum atomic E-state index is 12.5. The lowest BCUT2D eigenvalue weighted by molar-refractivity contribution is 0.0546. The smallest absolute Gasteiger partial charge is 0.276 e. The van der Waals surface area contributed by atoms with E-state index in [4.69, 9.17) is 15.2 Å². The molecule has 0 aliphatic heterocycles. The molecule has 3 N–H and O–H groups in total. The Bertz CT molecular complexity index is 424. The average molecular weight is 298 g/mol. The number of hydrogen-bond acceptors (Lipinski definition) is 5. The number of rotatable bonds is 10. The fraction of sp³-hybridized carbons (Fsp3) is 0.714. The highest BCUT2D eigenvalue weighted by Crippen LogP contribution is 2.16. The molecule has 0 unspecified atom stereocenters. The molecule has 0 saturated carbocycles. The quantitative estimate of drug-likeness (QED) is 0.630. The van der Waals surface area contributed by atoms with Crippen LogP contribution in [0, 0.1) is 0 Å². The number of hydrogen-bond donors (Lipinski definition) is 2. The van der Waals surface area contributed by atoms with E-state index in [9.17, 15) is 4.79 Å². The van der Waals surface area contributed by atoms with Gasteiger partial charge in [0.25, 0.3) is 5.91 Å². The molecule has 120 valence electrons. The summed E-state index contributed by atoms with van der Waals surface area (Å²) in [5.41, 5.74) is 7.45. The van der Waals surface area contributed by atoms with Gasteiger partial charge >= 0.3 is 0 Å². The molecule has 0 atom stereocenters. The van der Waals surface area contributed by atoms with Crippen LogP contribution in [0.15, 0.2) is 0 Å². The fourth-order valence-corrected chi connectivity index (χ4v) is 1.92. The molecule has 1 aromatic rings. The molecule has 0 fully saturated rings. The number of carbonyl (C=O) groups excluding carboxylic acids is 1. The van der Waals surface area contributed by atoms with Crippen LogP contribution in [-0.2, 0) is 15.9 Å². The van der Waals surface area contributed by atoms with E-state index in [0.717, 1.165) is 5.69 Å². The molecule has 0 radical (unpaired) electrons. The molecule has 0 aromatic carbocycles. The predicted molar refractivity (Wildman–Crippen MR) is 81.3 cm³/mol. The van der Waals surface area contributed by atoms with Crippen molar-refractivity contribution in [3.63, 3.8) is 0 Å². The highest BCUT2D eigenvalue weighted by Gasteiger charge is 2.22. The van der Waals surface area contributed by atoms with Crippen molar-refractivity contribution in [1.82, 2.24) is 15.1 Å². The van der Waals surface area contributed by atoms with Crippen molar-refractivity contribution in [2.24, 2.45) is 0 Å². The summed E-state index contributed by atoms with van der Waals surface area (Å²) < 4.78 is 10.6. The van der Waals surface area contributed by atoms with Gasteiger partial charge in [-0.3, -0.25) is 9.89 Å². The molecule has 1 rings (SSSR count). The van der Waals surface area contributed by atoms with E-state index in [1.807, 2.05) is 20.8 Å². The van der Waals surface area contributed by atoms with Crippen LogP contribution in [0.2, 0.25) is 0 Å². The molecule has 0 spiro atoms. The van der Waals surface area contributed by atoms with E-state index in [-0.39, 0.29) is 11.6 Å². The Balaban J connectivity index is 2.74. The summed E-state index contributed by atoms with van der Waals surface area (Å²) in [7, 11) is 0. The summed E-state index contributed by atoms with van der Waals surface area (Å²) >= 11 is 0. The van der Waals surface area contributed by atoms with Crippen molar-refractivity contribution in [2.75, 3.05) is 45.3 Å². The second-order valence-electron chi connectivity index (χ2n) is 4.50. The van der Waals surface area contributed by atoms with Gasteiger partial charge < -0.3 is 20.1 Å². The van der Waals surface area contributed by atoms with Crippen molar-refractivity contribution < 1.29 is 14.3 Å². The molecule has 7 nitrogen and oxygen atoms in total. The molecule has 1 aromatic heterocycles. The second-order valence-corrected chi connectivity index (χ2v) is 4.50. The molecular weight excluding hydrogens is 272 g/mol. The number of amides is 1. The minimum atomic E-state index is -0.192. The fourth-order valence-electron chi connectivity index (χ4n) is 1.92. The average Bonchev–Trinajstić information content (AvgIpc) is 2.86. The van der Waals surface area contributed by atoms with E-state index >= 15 is 0 Å². The first-order chi connectivity index (χ1) is 10.2. The molecule has 0 aliphatic carbocycles. The van der Waals surface area contributed by atoms with Gasteiger partial charge in [0.1, 0.15) is 0 Å². The van der Waals surface area contributed by atoms with E-state index in [1.165, 1.54) is 0 Å². The molecule has 1 amide bonds. The standard InChI is InChI=1S/C14H26N4O3/c1-4-11-12(15)13(17-16-11)14(19)18(7-9-20-5-2)8-10-21-6-3/h4-10,15H2,1-3H3,(H,16,17). The molecule has 0 aliphatic rings. The third-order valence-electron chi connectivity index (χ3n) is 3.15. The lowest BCUT2D eigenvalue weighted by atomic mass is 10.2. The van der Waals surface area contributed by atoms with Crippen LogP contribution in [0.3, 0.4) is 0 Å². The lowest BCUT2D eigenvalue weighted by Gasteiger charge is -2.21. The minimum absolute atomic E-state index is 0.192. The van der Waals surface area contributed by atoms with Crippen LogP contribution in [0.25, 0.3) is 0 Å². The number of aromatic nitrogens is 2. The van der Waals surface area contributed by atoms with Crippen LogP contribution in [0.5, 0.6) is 0 Å². The Morgan fingerprint density at radius 3 is 2.19 bits per heavy atom. The van der Waals surface area contributed by atoms with E-state index in [0.29, 0.717) is 51.6 Å². The molecule has 7 heteroatoms. The Morgan fingerprint density at radius 2 is 1.76 bits per heavy atom. The minimum Gasteiger partial charge on any atom is -0.395 e. The van der Waals surface area contributed by atoms with Gasteiger partial charge in [-0.05, 0) is 20.3 Å². The first-order valence-corrected chi connectivity index (χ1v) is 7.43. The van der Waals surface area contributed by atoms with Gasteiger partial charge in [-0.2, -0.15) is 5.10 Å². The van der Waals surface area contributed by atoms with Gasteiger partial charge in [-0.1, -0.05) is 6.92 Å². The van der Waals surface area contributed by atoms with Crippen LogP contribution < -0.4 is 5.73 Å². The van der Waals surface area contributed by atoms with E-state index in [2.05, 4.69) is 10.2 Å². The maximum Gasteiger partial charge on any atom is 0.276 e. The number of H-pyrrole nitrogens is 1. The number of nitrogens with two attached hydrogens (primary N) is 1. The van der Waals surface area contributed by atoms with E-state index < -0.39 is 0 Å². The Labute approximate surface area is 125 Å². The van der Waals surface area contributed by atoms with Crippen molar-refractivity contribution in [1.29, 1.82) is 0 Å². The third-order valence-corrected chi connectivity index (χ3v) is 3.15. The second kappa shape index (κ2) is 9.36. The van der Waals surface area contributed by atoms with Gasteiger partial charge in [0.05, 0.1) is 24.6 Å². The molecule has 0 bridgehead atoms. The summed E-state index contributed by atoms with van der Waals surface area (Å²) in [6.07, 6.45) is 0.712. The van der Waals surface area contributed by atoms with Crippen molar-refractivity contribution >= 4 is 11.6 Å². The zero-order valence-corrected chi connectivity index (χ0v) is 13.1. The van der Waals surface area contributed by atoms with Crippen molar-refractivity contribution in [2.45, 2.75) is 27.2 Å². The molecular formula is C14H26N4O3. The molecule has 21 heavy (non-hydrogen) atoms. The van der Waals surface area contributed by atoms with Crippen LogP contribution >= 0.6 is 0 Å². The predicted octanol–water partition coefficient (Wildman–Crippen LogP) is 1.07. The highest BCUT2D eigenvalue weighted by atomic mass is 16.5. The monoisotopic (exact) mass is 298 g/mol. The van der Waals surface area contributed by atoms with Crippen LogP contribution in [-0.4, -0.2) is 60.5 Å². The topological polar surface area (TPSA) is 93.5 Å². The van der Waals surface area contributed by atoms with Gasteiger partial charge in [0, 0.05) is 26.3 Å². The number of aromatic amines is 1. The number of nitrogens with one attached hydrogen (secondary N) is 1. The van der Waals surface area contributed by atoms with Crippen LogP contribution in [0.4, 0.5) is 5.69 Å². The number of nitrogen functional groups attached to an aromatic ring is 1. The zero-order valence-electron chi connectivity index (χ0n) is 13.1. The number of ether oxygens (including phenoxy) is 2. The molecule has 1 heterocycles. The zero-order chi connectivity index (χ0) is 15.7. The van der Waals surface area contributed by atoms with Crippen molar-refractivity contribution in [3.05, 3.63) is 11.4 Å². The number of nitrogens with zero attached hydrogens (tertiary/aromatic N) is 2. The van der Waals surface area contributed by atoms with Crippen molar-refractivity contribution in [3.8, 4) is 0 Å². The summed E-state index contributed by atoms with van der Waals surface area (Å²) in [5.74, 6) is -0.192.